The lowest BCUT2D eigenvalue weighted by molar-refractivity contribution is 0.0601. The third-order valence-corrected chi connectivity index (χ3v) is 4.95. The van der Waals surface area contributed by atoms with Crippen LogP contribution in [0.4, 0.5) is 17.1 Å². The molecule has 1 aliphatic rings. The van der Waals surface area contributed by atoms with Crippen LogP contribution in [-0.2, 0) is 11.2 Å². The molecular formula is C23H21N3O3. The molecule has 0 bridgehead atoms. The lowest BCUT2D eigenvalue weighted by Crippen LogP contribution is -2.35. The zero-order valence-electron chi connectivity index (χ0n) is 16.1. The number of carbonyl (C=O) groups is 2. The van der Waals surface area contributed by atoms with Crippen molar-refractivity contribution in [2.24, 2.45) is 0 Å². The van der Waals surface area contributed by atoms with E-state index in [-0.39, 0.29) is 5.91 Å². The number of methoxy groups -OCH3 is 1. The fourth-order valence-corrected chi connectivity index (χ4v) is 3.56. The Morgan fingerprint density at radius 3 is 2.72 bits per heavy atom. The molecular weight excluding hydrogens is 366 g/mol. The summed E-state index contributed by atoms with van der Waals surface area (Å²) >= 11 is 0. The van der Waals surface area contributed by atoms with Crippen LogP contribution in [-0.4, -0.2) is 30.5 Å². The summed E-state index contributed by atoms with van der Waals surface area (Å²) in [6.45, 7) is 0.679. The standard InChI is InChI=1S/C23H21N3O3/c1-29-23(28)19-9-3-4-10-20(19)25-18-13-17(14-24-15-18)22(27)26-12-6-8-16-7-2-5-11-21(16)26/h2-5,7,9-11,13-15,25H,6,8,12H2,1H3. The van der Waals surface area contributed by atoms with Gasteiger partial charge in [-0.05, 0) is 42.7 Å². The zero-order chi connectivity index (χ0) is 20.2. The second-order valence-corrected chi connectivity index (χ2v) is 6.81. The Bertz CT molecular complexity index is 1060. The summed E-state index contributed by atoms with van der Waals surface area (Å²) in [5.74, 6) is -0.521. The second-order valence-electron chi connectivity index (χ2n) is 6.81. The highest BCUT2D eigenvalue weighted by molar-refractivity contribution is 6.07. The van der Waals surface area contributed by atoms with E-state index < -0.39 is 5.97 Å². The minimum atomic E-state index is -0.432. The molecule has 0 spiro atoms. The van der Waals surface area contributed by atoms with Gasteiger partial charge < -0.3 is 15.0 Å². The number of benzene rings is 2. The SMILES string of the molecule is COC(=O)c1ccccc1Nc1cncc(C(=O)N2CCCc3ccccc32)c1. The topological polar surface area (TPSA) is 71.5 Å². The van der Waals surface area contributed by atoms with Crippen LogP contribution in [0.1, 0.15) is 32.7 Å². The van der Waals surface area contributed by atoms with Crippen LogP contribution < -0.4 is 10.2 Å². The van der Waals surface area contributed by atoms with E-state index in [0.29, 0.717) is 29.0 Å². The van der Waals surface area contributed by atoms with Crippen molar-refractivity contribution in [1.29, 1.82) is 0 Å². The van der Waals surface area contributed by atoms with E-state index in [1.807, 2.05) is 29.2 Å². The number of rotatable bonds is 4. The minimum Gasteiger partial charge on any atom is -0.465 e. The van der Waals surface area contributed by atoms with Gasteiger partial charge in [0.2, 0.25) is 0 Å². The van der Waals surface area contributed by atoms with Gasteiger partial charge in [-0.25, -0.2) is 4.79 Å². The fourth-order valence-electron chi connectivity index (χ4n) is 3.56. The molecule has 1 N–H and O–H groups in total. The molecule has 1 amide bonds. The van der Waals surface area contributed by atoms with Crippen molar-refractivity contribution < 1.29 is 14.3 Å². The third-order valence-electron chi connectivity index (χ3n) is 4.95. The van der Waals surface area contributed by atoms with Crippen molar-refractivity contribution in [2.45, 2.75) is 12.8 Å². The minimum absolute atomic E-state index is 0.0884. The molecule has 0 atom stereocenters. The highest BCUT2D eigenvalue weighted by Crippen LogP contribution is 2.29. The van der Waals surface area contributed by atoms with Crippen LogP contribution >= 0.6 is 0 Å². The molecule has 3 aromatic rings. The predicted molar refractivity (Wildman–Crippen MR) is 112 cm³/mol. The maximum absolute atomic E-state index is 13.2. The number of pyridine rings is 1. The van der Waals surface area contributed by atoms with E-state index in [0.717, 1.165) is 18.5 Å². The first-order valence-corrected chi connectivity index (χ1v) is 9.46. The molecule has 4 rings (SSSR count). The van der Waals surface area contributed by atoms with E-state index >= 15 is 0 Å². The molecule has 0 saturated carbocycles. The molecule has 0 aliphatic carbocycles. The number of hydrogen-bond acceptors (Lipinski definition) is 5. The van der Waals surface area contributed by atoms with Gasteiger partial charge in [0.05, 0.1) is 35.8 Å². The number of nitrogens with one attached hydrogen (secondary N) is 1. The van der Waals surface area contributed by atoms with E-state index in [2.05, 4.69) is 16.4 Å². The number of anilines is 3. The third kappa shape index (κ3) is 3.82. The molecule has 2 heterocycles. The Balaban J connectivity index is 1.61. The summed E-state index contributed by atoms with van der Waals surface area (Å²) in [6.07, 6.45) is 5.09. The number of ether oxygens (including phenoxy) is 1. The monoisotopic (exact) mass is 387 g/mol. The highest BCUT2D eigenvalue weighted by Gasteiger charge is 2.23. The van der Waals surface area contributed by atoms with Gasteiger partial charge in [-0.1, -0.05) is 30.3 Å². The Hall–Kier alpha value is -3.67. The lowest BCUT2D eigenvalue weighted by atomic mass is 10.0. The quantitative estimate of drug-likeness (QED) is 0.679. The number of hydrogen-bond donors (Lipinski definition) is 1. The average Bonchev–Trinajstić information content (AvgIpc) is 2.78. The van der Waals surface area contributed by atoms with Crippen molar-refractivity contribution in [1.82, 2.24) is 4.98 Å². The Morgan fingerprint density at radius 1 is 1.07 bits per heavy atom. The summed E-state index contributed by atoms with van der Waals surface area (Å²) in [5.41, 5.74) is 4.25. The van der Waals surface area contributed by atoms with Crippen molar-refractivity contribution in [3.8, 4) is 0 Å². The molecule has 1 aliphatic heterocycles. The van der Waals surface area contributed by atoms with Gasteiger partial charge >= 0.3 is 5.97 Å². The highest BCUT2D eigenvalue weighted by atomic mass is 16.5. The number of aromatic nitrogens is 1. The lowest BCUT2D eigenvalue weighted by Gasteiger charge is -2.29. The summed E-state index contributed by atoms with van der Waals surface area (Å²) in [4.78, 5) is 31.2. The number of amides is 1. The summed E-state index contributed by atoms with van der Waals surface area (Å²) in [7, 11) is 1.34. The Labute approximate surface area is 169 Å². The zero-order valence-corrected chi connectivity index (χ0v) is 16.1. The van der Waals surface area contributed by atoms with Crippen LogP contribution in [0.2, 0.25) is 0 Å². The van der Waals surface area contributed by atoms with Crippen molar-refractivity contribution in [3.63, 3.8) is 0 Å². The number of carbonyl (C=O) groups excluding carboxylic acids is 2. The molecule has 0 radical (unpaired) electrons. The van der Waals surface area contributed by atoms with Gasteiger partial charge in [-0.2, -0.15) is 0 Å². The molecule has 146 valence electrons. The van der Waals surface area contributed by atoms with Gasteiger partial charge in [-0.3, -0.25) is 9.78 Å². The van der Waals surface area contributed by atoms with Crippen molar-refractivity contribution >= 4 is 28.9 Å². The van der Waals surface area contributed by atoms with Gasteiger partial charge in [0, 0.05) is 18.4 Å². The van der Waals surface area contributed by atoms with E-state index in [9.17, 15) is 9.59 Å². The van der Waals surface area contributed by atoms with Crippen molar-refractivity contribution in [2.75, 3.05) is 23.9 Å². The van der Waals surface area contributed by atoms with E-state index in [1.165, 1.54) is 12.7 Å². The van der Waals surface area contributed by atoms with E-state index in [4.69, 9.17) is 4.74 Å². The summed E-state index contributed by atoms with van der Waals surface area (Å²) < 4.78 is 4.83. The molecule has 6 heteroatoms. The fraction of sp³-hybridized carbons (Fsp3) is 0.174. The molecule has 0 unspecified atom stereocenters. The number of fused-ring (bicyclic) bond motifs is 1. The van der Waals surface area contributed by atoms with Crippen LogP contribution in [0.3, 0.4) is 0 Å². The molecule has 29 heavy (non-hydrogen) atoms. The Morgan fingerprint density at radius 2 is 1.86 bits per heavy atom. The van der Waals surface area contributed by atoms with Gasteiger partial charge in [0.15, 0.2) is 0 Å². The number of nitrogens with zero attached hydrogens (tertiary/aromatic N) is 2. The normalized spacial score (nSPS) is 12.8. The second kappa shape index (κ2) is 8.14. The first kappa shape index (κ1) is 18.7. The molecule has 0 saturated heterocycles. The summed E-state index contributed by atoms with van der Waals surface area (Å²) in [6, 6.07) is 16.8. The number of para-hydroxylation sites is 2. The molecule has 6 nitrogen and oxygen atoms in total. The average molecular weight is 387 g/mol. The van der Waals surface area contributed by atoms with Crippen molar-refractivity contribution in [3.05, 3.63) is 83.7 Å². The maximum Gasteiger partial charge on any atom is 0.339 e. The van der Waals surface area contributed by atoms with E-state index in [1.54, 1.807) is 36.7 Å². The van der Waals surface area contributed by atoms with Crippen LogP contribution in [0.5, 0.6) is 0 Å². The maximum atomic E-state index is 13.2. The largest absolute Gasteiger partial charge is 0.465 e. The predicted octanol–water partition coefficient (Wildman–Crippen LogP) is 4.20. The van der Waals surface area contributed by atoms with Crippen LogP contribution in [0.25, 0.3) is 0 Å². The number of aryl methyl sites for hydroxylation is 1. The molecule has 2 aromatic carbocycles. The van der Waals surface area contributed by atoms with Gasteiger partial charge in [0.25, 0.3) is 5.91 Å². The first-order chi connectivity index (χ1) is 14.2. The first-order valence-electron chi connectivity index (χ1n) is 9.46. The smallest absolute Gasteiger partial charge is 0.339 e. The van der Waals surface area contributed by atoms with Crippen LogP contribution in [0, 0.1) is 0 Å². The van der Waals surface area contributed by atoms with Gasteiger partial charge in [0.1, 0.15) is 0 Å². The van der Waals surface area contributed by atoms with Crippen LogP contribution in [0.15, 0.2) is 67.0 Å². The Kier molecular flexibility index (Phi) is 5.24. The number of esters is 1. The molecule has 0 fully saturated rings. The van der Waals surface area contributed by atoms with Gasteiger partial charge in [-0.15, -0.1) is 0 Å². The summed E-state index contributed by atoms with van der Waals surface area (Å²) in [5, 5.41) is 3.17. The molecule has 1 aromatic heterocycles.